The highest BCUT2D eigenvalue weighted by molar-refractivity contribution is 7.80. The molecule has 2 saturated heterocycles. The first kappa shape index (κ1) is 43.8. The van der Waals surface area contributed by atoms with Crippen LogP contribution in [0.4, 0.5) is 9.59 Å². The summed E-state index contributed by atoms with van der Waals surface area (Å²) in [5.41, 5.74) is 1.62. The number of carbonyl (C=O) groups excluding carboxylic acids is 3. The molecule has 2 rings (SSSR count). The van der Waals surface area contributed by atoms with E-state index in [2.05, 4.69) is 37.5 Å². The zero-order valence-corrected chi connectivity index (χ0v) is 32.0. The van der Waals surface area contributed by atoms with Crippen LogP contribution < -0.4 is 5.48 Å². The molecule has 282 valence electrons. The van der Waals surface area contributed by atoms with Gasteiger partial charge >= 0.3 is 22.5 Å². The van der Waals surface area contributed by atoms with E-state index < -0.39 is 46.1 Å². The molecule has 14 nitrogen and oxygen atoms in total. The van der Waals surface area contributed by atoms with Crippen molar-refractivity contribution in [2.75, 3.05) is 45.9 Å². The number of unbranched alkanes of at least 4 members (excludes halogenated alkanes) is 4. The lowest BCUT2D eigenvalue weighted by molar-refractivity contribution is -0.929. The number of urea groups is 1. The summed E-state index contributed by atoms with van der Waals surface area (Å²) in [6.07, 6.45) is 11.1. The molecule has 0 unspecified atom stereocenters. The second kappa shape index (κ2) is 21.1. The fourth-order valence-electron chi connectivity index (χ4n) is 5.96. The van der Waals surface area contributed by atoms with Gasteiger partial charge in [0.25, 0.3) is 5.91 Å². The monoisotopic (exact) mass is 708 g/mol. The van der Waals surface area contributed by atoms with Gasteiger partial charge in [-0.15, -0.1) is 4.28 Å². The summed E-state index contributed by atoms with van der Waals surface area (Å²) in [5.74, 6) is -0.589. The average Bonchev–Trinajstić information content (AvgIpc) is 3.22. The number of ether oxygens (including phenoxy) is 1. The predicted molar refractivity (Wildman–Crippen MR) is 185 cm³/mol. The number of quaternary nitrogens is 1. The van der Waals surface area contributed by atoms with E-state index in [1.165, 1.54) is 86.9 Å². The van der Waals surface area contributed by atoms with Crippen LogP contribution in [0.2, 0.25) is 0 Å². The quantitative estimate of drug-likeness (QED) is 0.0703. The molecule has 2 aliphatic rings. The number of nitrogens with zero attached hydrogens (tertiary/aromatic N) is 4. The highest BCUT2D eigenvalue weighted by Crippen LogP contribution is 2.30. The second-order valence-electron chi connectivity index (χ2n) is 14.2. The first-order valence-corrected chi connectivity index (χ1v) is 19.3. The van der Waals surface area contributed by atoms with Crippen LogP contribution in [0.1, 0.15) is 127 Å². The molecule has 2 heterocycles. The highest BCUT2D eigenvalue weighted by atomic mass is 32.3. The fourth-order valence-corrected chi connectivity index (χ4v) is 6.35. The van der Waals surface area contributed by atoms with Crippen molar-refractivity contribution < 1.29 is 45.7 Å². The van der Waals surface area contributed by atoms with Crippen LogP contribution in [0.3, 0.4) is 0 Å². The van der Waals surface area contributed by atoms with Crippen LogP contribution in [-0.4, -0.2) is 120 Å². The van der Waals surface area contributed by atoms with Gasteiger partial charge in [-0.2, -0.15) is 13.5 Å². The first-order valence-electron chi connectivity index (χ1n) is 18.0. The standard InChI is InChI=1S/C17H30N4O9S.C16H36N/c1-11(2)19(16(24)29-17(3,4)5)8-9-28-18-14(22)13-7-6-12-10-20(13)15(23)21(12)30-31(25,26)27;1-5-9-13-17(14-10-6-2,15-11-7-3)16-12-8-4/h11-13H,6-10H2,1-5H3,(H,18,22)(H,25,26,27);5-16H2,1-4H3/q;+1/t12-,13+;/m1./s1. The molecule has 48 heavy (non-hydrogen) atoms. The molecule has 0 aromatic rings. The molecule has 0 aliphatic carbocycles. The van der Waals surface area contributed by atoms with E-state index in [-0.39, 0.29) is 32.2 Å². The minimum Gasteiger partial charge on any atom is -0.444 e. The molecule has 2 fully saturated rings. The van der Waals surface area contributed by atoms with Gasteiger partial charge in [0.05, 0.1) is 45.4 Å². The van der Waals surface area contributed by atoms with Gasteiger partial charge < -0.3 is 19.0 Å². The van der Waals surface area contributed by atoms with Gasteiger partial charge in [0.2, 0.25) is 0 Å². The molecule has 0 radical (unpaired) electrons. The topological polar surface area (TPSA) is 155 Å². The maximum Gasteiger partial charge on any atom is 0.418 e. The molecule has 15 heteroatoms. The Hall–Kier alpha value is -2.20. The Kier molecular flexibility index (Phi) is 19.3. The maximum absolute atomic E-state index is 12.5. The Bertz CT molecular complexity index is 1050. The summed E-state index contributed by atoms with van der Waals surface area (Å²) in [4.78, 5) is 44.9. The van der Waals surface area contributed by atoms with E-state index in [1.807, 2.05) is 13.8 Å². The third-order valence-electron chi connectivity index (χ3n) is 8.60. The molecule has 0 saturated carbocycles. The van der Waals surface area contributed by atoms with E-state index in [0.717, 1.165) is 4.90 Å². The fraction of sp³-hybridized carbons (Fsp3) is 0.909. The van der Waals surface area contributed by atoms with Crippen molar-refractivity contribution in [3.63, 3.8) is 0 Å². The van der Waals surface area contributed by atoms with Crippen molar-refractivity contribution in [3.8, 4) is 0 Å². The largest absolute Gasteiger partial charge is 0.444 e. The molecule has 2 bridgehead atoms. The van der Waals surface area contributed by atoms with Gasteiger partial charge in [-0.1, -0.05) is 53.4 Å². The van der Waals surface area contributed by atoms with Crippen LogP contribution in [0, 0.1) is 0 Å². The van der Waals surface area contributed by atoms with Crippen LogP contribution >= 0.6 is 0 Å². The Morgan fingerprint density at radius 1 is 0.958 bits per heavy atom. The van der Waals surface area contributed by atoms with Gasteiger partial charge in [0.15, 0.2) is 0 Å². The number of piperidine rings is 1. The Morgan fingerprint density at radius 2 is 1.46 bits per heavy atom. The number of hydrogen-bond acceptors (Lipinski definition) is 8. The summed E-state index contributed by atoms with van der Waals surface area (Å²) < 4.78 is 41.7. The lowest BCUT2D eigenvalue weighted by Gasteiger charge is -2.39. The van der Waals surface area contributed by atoms with E-state index >= 15 is 0 Å². The lowest BCUT2D eigenvalue weighted by Crippen LogP contribution is -2.50. The van der Waals surface area contributed by atoms with E-state index in [9.17, 15) is 22.8 Å². The number of amides is 4. The van der Waals surface area contributed by atoms with Crippen molar-refractivity contribution in [1.82, 2.24) is 20.3 Å². The molecule has 0 aromatic carbocycles. The number of hydrogen-bond donors (Lipinski definition) is 2. The molecule has 0 spiro atoms. The minimum absolute atomic E-state index is 0.00948. The summed E-state index contributed by atoms with van der Waals surface area (Å²) in [6, 6.07) is -2.46. The molecular formula is C33H66N5O9S+. The van der Waals surface area contributed by atoms with E-state index in [1.54, 1.807) is 20.8 Å². The summed E-state index contributed by atoms with van der Waals surface area (Å²) in [6.45, 7) is 24.2. The smallest absolute Gasteiger partial charge is 0.418 e. The number of nitrogens with one attached hydrogen (secondary N) is 1. The number of rotatable bonds is 20. The summed E-state index contributed by atoms with van der Waals surface area (Å²) in [7, 11) is -4.86. The summed E-state index contributed by atoms with van der Waals surface area (Å²) in [5, 5.41) is 0.560. The number of carbonyl (C=O) groups is 3. The van der Waals surface area contributed by atoms with Crippen molar-refractivity contribution in [1.29, 1.82) is 0 Å². The van der Waals surface area contributed by atoms with Gasteiger partial charge in [-0.3, -0.25) is 14.2 Å². The normalized spacial score (nSPS) is 18.1. The summed E-state index contributed by atoms with van der Waals surface area (Å²) >= 11 is 0. The Morgan fingerprint density at radius 3 is 1.88 bits per heavy atom. The number of fused-ring (bicyclic) bond motifs is 2. The van der Waals surface area contributed by atoms with Gasteiger partial charge in [-0.05, 0) is 73.1 Å². The van der Waals surface area contributed by atoms with Crippen molar-refractivity contribution in [3.05, 3.63) is 0 Å². The second-order valence-corrected chi connectivity index (χ2v) is 15.2. The van der Waals surface area contributed by atoms with Gasteiger partial charge in [0.1, 0.15) is 11.6 Å². The molecule has 4 amide bonds. The zero-order chi connectivity index (χ0) is 36.5. The third kappa shape index (κ3) is 15.6. The van der Waals surface area contributed by atoms with Crippen LogP contribution in [0.15, 0.2) is 0 Å². The van der Waals surface area contributed by atoms with Crippen molar-refractivity contribution in [2.45, 2.75) is 150 Å². The maximum atomic E-state index is 12.5. The minimum atomic E-state index is -4.86. The van der Waals surface area contributed by atoms with E-state index in [4.69, 9.17) is 14.1 Å². The van der Waals surface area contributed by atoms with Crippen LogP contribution in [0.25, 0.3) is 0 Å². The average molecular weight is 709 g/mol. The van der Waals surface area contributed by atoms with Crippen LogP contribution in [0.5, 0.6) is 0 Å². The molecule has 0 aromatic heterocycles. The lowest BCUT2D eigenvalue weighted by atomic mass is 10.0. The highest BCUT2D eigenvalue weighted by Gasteiger charge is 2.49. The van der Waals surface area contributed by atoms with Crippen molar-refractivity contribution in [2.24, 2.45) is 0 Å². The Balaban J connectivity index is 0.000000576. The van der Waals surface area contributed by atoms with Crippen LogP contribution in [-0.2, 0) is 29.1 Å². The molecular weight excluding hydrogens is 642 g/mol. The predicted octanol–water partition coefficient (Wildman–Crippen LogP) is 5.69. The van der Waals surface area contributed by atoms with Gasteiger partial charge in [-0.25, -0.2) is 15.1 Å². The molecule has 2 N–H and O–H groups in total. The zero-order valence-electron chi connectivity index (χ0n) is 31.2. The van der Waals surface area contributed by atoms with Gasteiger partial charge in [0, 0.05) is 12.6 Å². The van der Waals surface area contributed by atoms with E-state index in [0.29, 0.717) is 11.5 Å². The first-order chi connectivity index (χ1) is 22.4. The van der Waals surface area contributed by atoms with Crippen molar-refractivity contribution >= 4 is 28.4 Å². The Labute approximate surface area is 290 Å². The third-order valence-corrected chi connectivity index (χ3v) is 8.95. The SMILES string of the molecule is CC(C)N(CCONC(=O)[C@@H]1CC[C@@H]2CN1C(=O)N2OS(=O)(=O)O)C(=O)OC(C)(C)C.CCCC[N+](CCCC)(CCCC)CCCC. The number of hydroxylamine groups is 3. The molecule has 2 atom stereocenters. The molecule has 2 aliphatic heterocycles.